The second kappa shape index (κ2) is 7.66. The van der Waals surface area contributed by atoms with Crippen molar-refractivity contribution in [1.82, 2.24) is 4.90 Å². The highest BCUT2D eigenvalue weighted by Gasteiger charge is 2.21. The molecule has 0 aromatic heterocycles. The highest BCUT2D eigenvalue weighted by Crippen LogP contribution is 2.31. The smallest absolute Gasteiger partial charge is 0.161 e. The fourth-order valence-electron chi connectivity index (χ4n) is 3.03. The molecule has 0 amide bonds. The van der Waals surface area contributed by atoms with Crippen molar-refractivity contribution in [2.45, 2.75) is 44.8 Å². The van der Waals surface area contributed by atoms with E-state index in [1.54, 1.807) is 14.2 Å². The summed E-state index contributed by atoms with van der Waals surface area (Å²) in [6, 6.07) is 6.03. The van der Waals surface area contributed by atoms with Crippen molar-refractivity contribution in [2.75, 3.05) is 27.3 Å². The SMILES string of the molecule is COc1ccc(C(O)CC(C)N2CCCCC2)cc1OC. The number of nitrogens with zero attached hydrogens (tertiary/aromatic N) is 1. The molecule has 4 heteroatoms. The molecular weight excluding hydrogens is 266 g/mol. The van der Waals surface area contributed by atoms with E-state index in [1.807, 2.05) is 18.2 Å². The number of rotatable bonds is 6. The lowest BCUT2D eigenvalue weighted by molar-refractivity contribution is 0.0968. The van der Waals surface area contributed by atoms with Gasteiger partial charge in [0.05, 0.1) is 20.3 Å². The number of likely N-dealkylation sites (tertiary alicyclic amines) is 1. The van der Waals surface area contributed by atoms with Crippen LogP contribution in [0.5, 0.6) is 11.5 Å². The minimum Gasteiger partial charge on any atom is -0.493 e. The topological polar surface area (TPSA) is 41.9 Å². The number of benzene rings is 1. The van der Waals surface area contributed by atoms with E-state index in [0.29, 0.717) is 17.5 Å². The predicted molar refractivity (Wildman–Crippen MR) is 84.0 cm³/mol. The molecule has 118 valence electrons. The predicted octanol–water partition coefficient (Wildman–Crippen LogP) is 3.00. The molecule has 0 bridgehead atoms. The van der Waals surface area contributed by atoms with Crippen LogP contribution in [0.1, 0.15) is 44.3 Å². The van der Waals surface area contributed by atoms with Gasteiger partial charge in [-0.05, 0) is 57.0 Å². The van der Waals surface area contributed by atoms with Crippen LogP contribution in [0.4, 0.5) is 0 Å². The Balaban J connectivity index is 2.00. The van der Waals surface area contributed by atoms with Crippen molar-refractivity contribution >= 4 is 0 Å². The standard InChI is InChI=1S/C17H27NO3/c1-13(18-9-5-4-6-10-18)11-15(19)14-7-8-16(20-2)17(12-14)21-3/h7-8,12-13,15,19H,4-6,9-11H2,1-3H3. The van der Waals surface area contributed by atoms with Gasteiger partial charge in [0.25, 0.3) is 0 Å². The summed E-state index contributed by atoms with van der Waals surface area (Å²) in [4.78, 5) is 2.48. The first kappa shape index (κ1) is 16.1. The summed E-state index contributed by atoms with van der Waals surface area (Å²) in [5, 5.41) is 10.5. The first-order chi connectivity index (χ1) is 10.2. The van der Waals surface area contributed by atoms with Crippen molar-refractivity contribution < 1.29 is 14.6 Å². The number of piperidine rings is 1. The minimum absolute atomic E-state index is 0.397. The van der Waals surface area contributed by atoms with Gasteiger partial charge in [-0.2, -0.15) is 0 Å². The molecule has 0 saturated carbocycles. The van der Waals surface area contributed by atoms with Crippen molar-refractivity contribution in [3.63, 3.8) is 0 Å². The van der Waals surface area contributed by atoms with Gasteiger partial charge in [0, 0.05) is 6.04 Å². The van der Waals surface area contributed by atoms with Crippen molar-refractivity contribution in [3.05, 3.63) is 23.8 Å². The third-order valence-electron chi connectivity index (χ3n) is 4.37. The van der Waals surface area contributed by atoms with Crippen molar-refractivity contribution in [3.8, 4) is 11.5 Å². The van der Waals surface area contributed by atoms with Crippen LogP contribution in [0.3, 0.4) is 0 Å². The molecule has 21 heavy (non-hydrogen) atoms. The van der Waals surface area contributed by atoms with Gasteiger partial charge < -0.3 is 19.5 Å². The second-order valence-electron chi connectivity index (χ2n) is 5.81. The van der Waals surface area contributed by atoms with Crippen LogP contribution in [0, 0.1) is 0 Å². The van der Waals surface area contributed by atoms with Crippen LogP contribution < -0.4 is 9.47 Å². The van der Waals surface area contributed by atoms with Gasteiger partial charge in [-0.3, -0.25) is 0 Å². The molecule has 1 aliphatic rings. The highest BCUT2D eigenvalue weighted by molar-refractivity contribution is 5.43. The average molecular weight is 293 g/mol. The van der Waals surface area contributed by atoms with E-state index in [2.05, 4.69) is 11.8 Å². The van der Waals surface area contributed by atoms with Crippen molar-refractivity contribution in [2.24, 2.45) is 0 Å². The summed E-state index contributed by atoms with van der Waals surface area (Å²) >= 11 is 0. The molecule has 2 atom stereocenters. The zero-order valence-electron chi connectivity index (χ0n) is 13.3. The number of hydrogen-bond donors (Lipinski definition) is 1. The molecule has 0 aliphatic carbocycles. The van der Waals surface area contributed by atoms with Gasteiger partial charge in [-0.1, -0.05) is 12.5 Å². The Morgan fingerprint density at radius 1 is 1.10 bits per heavy atom. The second-order valence-corrected chi connectivity index (χ2v) is 5.81. The molecule has 1 aromatic carbocycles. The molecule has 1 aliphatic heterocycles. The fourth-order valence-corrected chi connectivity index (χ4v) is 3.03. The molecule has 1 heterocycles. The Morgan fingerprint density at radius 2 is 1.76 bits per heavy atom. The minimum atomic E-state index is -0.471. The summed E-state index contributed by atoms with van der Waals surface area (Å²) in [5.41, 5.74) is 0.886. The van der Waals surface area contributed by atoms with E-state index in [4.69, 9.17) is 9.47 Å². The summed E-state index contributed by atoms with van der Waals surface area (Å²) in [6.07, 6.45) is 4.16. The molecule has 2 rings (SSSR count). The van der Waals surface area contributed by atoms with E-state index >= 15 is 0 Å². The number of methoxy groups -OCH3 is 2. The summed E-state index contributed by atoms with van der Waals surface area (Å²) in [7, 11) is 3.23. The van der Waals surface area contributed by atoms with Crippen LogP contribution in [0.2, 0.25) is 0 Å². The summed E-state index contributed by atoms with van der Waals surface area (Å²) in [6.45, 7) is 4.51. The third kappa shape index (κ3) is 4.11. The largest absolute Gasteiger partial charge is 0.493 e. The lowest BCUT2D eigenvalue weighted by Gasteiger charge is -2.33. The zero-order chi connectivity index (χ0) is 15.2. The Hall–Kier alpha value is -1.26. The maximum absolute atomic E-state index is 10.5. The molecule has 0 spiro atoms. The van der Waals surface area contributed by atoms with Gasteiger partial charge in [-0.15, -0.1) is 0 Å². The van der Waals surface area contributed by atoms with E-state index in [0.717, 1.165) is 25.1 Å². The van der Waals surface area contributed by atoms with Gasteiger partial charge in [0.2, 0.25) is 0 Å². The highest BCUT2D eigenvalue weighted by atomic mass is 16.5. The number of ether oxygens (including phenoxy) is 2. The quantitative estimate of drug-likeness (QED) is 0.875. The average Bonchev–Trinajstić information content (AvgIpc) is 2.54. The van der Waals surface area contributed by atoms with Crippen LogP contribution in [-0.4, -0.2) is 43.4 Å². The van der Waals surface area contributed by atoms with Crippen LogP contribution in [0.25, 0.3) is 0 Å². The van der Waals surface area contributed by atoms with Gasteiger partial charge in [0.1, 0.15) is 0 Å². The molecule has 1 N–H and O–H groups in total. The van der Waals surface area contributed by atoms with E-state index in [1.165, 1.54) is 19.3 Å². The molecule has 0 radical (unpaired) electrons. The summed E-state index contributed by atoms with van der Waals surface area (Å²) in [5.74, 6) is 1.36. The maximum Gasteiger partial charge on any atom is 0.161 e. The summed E-state index contributed by atoms with van der Waals surface area (Å²) < 4.78 is 10.5. The molecule has 1 saturated heterocycles. The lowest BCUT2D eigenvalue weighted by Crippen LogP contribution is -2.38. The Bertz CT molecular complexity index is 444. The van der Waals surface area contributed by atoms with E-state index < -0.39 is 6.10 Å². The fraction of sp³-hybridized carbons (Fsp3) is 0.647. The van der Waals surface area contributed by atoms with E-state index in [9.17, 15) is 5.11 Å². The van der Waals surface area contributed by atoms with Crippen molar-refractivity contribution in [1.29, 1.82) is 0 Å². The monoisotopic (exact) mass is 293 g/mol. The maximum atomic E-state index is 10.5. The lowest BCUT2D eigenvalue weighted by atomic mass is 10.00. The first-order valence-electron chi connectivity index (χ1n) is 7.79. The Labute approximate surface area is 127 Å². The molecule has 1 aromatic rings. The molecule has 4 nitrogen and oxygen atoms in total. The van der Waals surface area contributed by atoms with Gasteiger partial charge in [0.15, 0.2) is 11.5 Å². The zero-order valence-corrected chi connectivity index (χ0v) is 13.3. The number of aliphatic hydroxyl groups excluding tert-OH is 1. The van der Waals surface area contributed by atoms with Gasteiger partial charge in [-0.25, -0.2) is 0 Å². The van der Waals surface area contributed by atoms with Crippen LogP contribution in [0.15, 0.2) is 18.2 Å². The molecule has 2 unspecified atom stereocenters. The van der Waals surface area contributed by atoms with Crippen LogP contribution >= 0.6 is 0 Å². The number of hydrogen-bond acceptors (Lipinski definition) is 4. The Kier molecular flexibility index (Phi) is 5.88. The van der Waals surface area contributed by atoms with E-state index in [-0.39, 0.29) is 0 Å². The third-order valence-corrected chi connectivity index (χ3v) is 4.37. The molecular formula is C17H27NO3. The normalized spacial score (nSPS) is 19.0. The molecule has 1 fully saturated rings. The van der Waals surface area contributed by atoms with Crippen LogP contribution in [-0.2, 0) is 0 Å². The first-order valence-corrected chi connectivity index (χ1v) is 7.79. The number of aliphatic hydroxyl groups is 1. The van der Waals surface area contributed by atoms with Gasteiger partial charge >= 0.3 is 0 Å². The Morgan fingerprint density at radius 3 is 2.38 bits per heavy atom.